The van der Waals surface area contributed by atoms with Gasteiger partial charge in [0.1, 0.15) is 5.39 Å². The number of carbonyl (C=O) groups excluding carboxylic acids is 1. The zero-order valence-electron chi connectivity index (χ0n) is 16.1. The lowest BCUT2D eigenvalue weighted by atomic mass is 10.1. The maximum absolute atomic E-state index is 12.5. The first-order chi connectivity index (χ1) is 14.1. The normalized spacial score (nSPS) is 10.8. The molecule has 146 valence electrons. The molecule has 0 fully saturated rings. The number of hydrogen-bond donors (Lipinski definition) is 2. The van der Waals surface area contributed by atoms with E-state index >= 15 is 0 Å². The van der Waals surface area contributed by atoms with Gasteiger partial charge in [-0.05, 0) is 55.5 Å². The second kappa shape index (κ2) is 7.59. The van der Waals surface area contributed by atoms with Gasteiger partial charge in [0.15, 0.2) is 5.65 Å². The number of amides is 1. The highest BCUT2D eigenvalue weighted by Gasteiger charge is 2.10. The Hall–Kier alpha value is -3.94. The average Bonchev–Trinajstić information content (AvgIpc) is 3.19. The molecule has 2 aromatic heterocycles. The topological polar surface area (TPSA) is 95.9 Å². The molecule has 0 aliphatic heterocycles. The molecule has 0 saturated heterocycles. The van der Waals surface area contributed by atoms with Crippen LogP contribution in [-0.4, -0.2) is 39.2 Å². The fourth-order valence-electron chi connectivity index (χ4n) is 2.98. The molecule has 0 saturated carbocycles. The van der Waals surface area contributed by atoms with Gasteiger partial charge in [-0.3, -0.25) is 9.59 Å². The van der Waals surface area contributed by atoms with Gasteiger partial charge in [-0.15, -0.1) is 0 Å². The molecule has 0 bridgehead atoms. The molecule has 0 spiro atoms. The number of carbonyl (C=O) groups is 1. The van der Waals surface area contributed by atoms with Gasteiger partial charge >= 0.3 is 0 Å². The number of benzene rings is 2. The van der Waals surface area contributed by atoms with Crippen molar-refractivity contribution >= 4 is 28.3 Å². The third kappa shape index (κ3) is 3.60. The number of nitrogens with one attached hydrogen (secondary N) is 2. The summed E-state index contributed by atoms with van der Waals surface area (Å²) in [4.78, 5) is 33.1. The standard InChI is InChI=1S/C21H20N6O2/c1-3-26(2)16-8-4-14(5-9-16)20(28)25-15-6-10-17(11-7-15)27-19-18(12-24-27)21(29)23-13-22-19/h4-13H,3H2,1-2H3,(H,25,28)(H,22,23,29). The molecule has 4 aromatic rings. The zero-order valence-corrected chi connectivity index (χ0v) is 16.1. The second-order valence-corrected chi connectivity index (χ2v) is 6.59. The van der Waals surface area contributed by atoms with E-state index in [0.717, 1.165) is 17.9 Å². The fraction of sp³-hybridized carbons (Fsp3) is 0.143. The van der Waals surface area contributed by atoms with Crippen molar-refractivity contribution in [1.29, 1.82) is 0 Å². The zero-order chi connectivity index (χ0) is 20.4. The highest BCUT2D eigenvalue weighted by atomic mass is 16.1. The summed E-state index contributed by atoms with van der Waals surface area (Å²) < 4.78 is 1.58. The van der Waals surface area contributed by atoms with Crippen LogP contribution in [0.4, 0.5) is 11.4 Å². The summed E-state index contributed by atoms with van der Waals surface area (Å²) in [7, 11) is 2.01. The first kappa shape index (κ1) is 18.4. The summed E-state index contributed by atoms with van der Waals surface area (Å²) in [6.07, 6.45) is 2.83. The van der Waals surface area contributed by atoms with Gasteiger partial charge < -0.3 is 15.2 Å². The minimum atomic E-state index is -0.235. The van der Waals surface area contributed by atoms with E-state index < -0.39 is 0 Å². The Morgan fingerprint density at radius 2 is 1.86 bits per heavy atom. The molecular formula is C21H20N6O2. The van der Waals surface area contributed by atoms with Crippen LogP contribution in [0, 0.1) is 0 Å². The average molecular weight is 388 g/mol. The predicted molar refractivity (Wildman–Crippen MR) is 113 cm³/mol. The van der Waals surface area contributed by atoms with Crippen LogP contribution in [0.2, 0.25) is 0 Å². The van der Waals surface area contributed by atoms with Gasteiger partial charge in [0.2, 0.25) is 0 Å². The number of H-pyrrole nitrogens is 1. The summed E-state index contributed by atoms with van der Waals surface area (Å²) in [5.41, 5.74) is 3.29. The van der Waals surface area contributed by atoms with E-state index in [-0.39, 0.29) is 11.5 Å². The van der Waals surface area contributed by atoms with Crippen molar-refractivity contribution in [3.63, 3.8) is 0 Å². The molecule has 0 unspecified atom stereocenters. The third-order valence-electron chi connectivity index (χ3n) is 4.79. The van der Waals surface area contributed by atoms with Gasteiger partial charge in [-0.25, -0.2) is 9.67 Å². The minimum absolute atomic E-state index is 0.179. The molecule has 2 N–H and O–H groups in total. The minimum Gasteiger partial charge on any atom is -0.375 e. The van der Waals surface area contributed by atoms with Crippen molar-refractivity contribution in [2.75, 3.05) is 23.8 Å². The summed E-state index contributed by atoms with van der Waals surface area (Å²) >= 11 is 0. The van der Waals surface area contributed by atoms with Gasteiger partial charge in [-0.2, -0.15) is 5.10 Å². The van der Waals surface area contributed by atoms with Crippen LogP contribution in [0.25, 0.3) is 16.7 Å². The van der Waals surface area contributed by atoms with Crippen LogP contribution in [-0.2, 0) is 0 Å². The van der Waals surface area contributed by atoms with E-state index in [1.807, 2.05) is 43.4 Å². The van der Waals surface area contributed by atoms with Crippen LogP contribution < -0.4 is 15.8 Å². The first-order valence-corrected chi connectivity index (χ1v) is 9.21. The smallest absolute Gasteiger partial charge is 0.261 e. The lowest BCUT2D eigenvalue weighted by Crippen LogP contribution is -2.16. The van der Waals surface area contributed by atoms with Crippen molar-refractivity contribution in [3.05, 3.63) is 77.0 Å². The Morgan fingerprint density at radius 1 is 1.14 bits per heavy atom. The Kier molecular flexibility index (Phi) is 4.82. The summed E-state index contributed by atoms with van der Waals surface area (Å²) in [6, 6.07) is 14.7. The van der Waals surface area contributed by atoms with Gasteiger partial charge in [-0.1, -0.05) is 0 Å². The molecule has 0 atom stereocenters. The van der Waals surface area contributed by atoms with Crippen molar-refractivity contribution in [1.82, 2.24) is 19.7 Å². The van der Waals surface area contributed by atoms with E-state index in [9.17, 15) is 9.59 Å². The molecular weight excluding hydrogens is 368 g/mol. The van der Waals surface area contributed by atoms with E-state index in [0.29, 0.717) is 22.3 Å². The van der Waals surface area contributed by atoms with Gasteiger partial charge in [0.05, 0.1) is 18.2 Å². The quantitative estimate of drug-likeness (QED) is 0.548. The Morgan fingerprint density at radius 3 is 2.55 bits per heavy atom. The van der Waals surface area contributed by atoms with Gasteiger partial charge in [0.25, 0.3) is 11.5 Å². The van der Waals surface area contributed by atoms with Crippen molar-refractivity contribution in [2.45, 2.75) is 6.92 Å². The molecule has 29 heavy (non-hydrogen) atoms. The molecule has 2 aromatic carbocycles. The molecule has 8 nitrogen and oxygen atoms in total. The monoisotopic (exact) mass is 388 g/mol. The number of rotatable bonds is 5. The van der Waals surface area contributed by atoms with Crippen LogP contribution in [0.15, 0.2) is 65.8 Å². The number of aromatic amines is 1. The Bertz CT molecular complexity index is 1210. The Labute approximate surface area is 166 Å². The van der Waals surface area contributed by atoms with Crippen molar-refractivity contribution in [3.8, 4) is 5.69 Å². The highest BCUT2D eigenvalue weighted by Crippen LogP contribution is 2.18. The predicted octanol–water partition coefficient (Wildman–Crippen LogP) is 2.82. The number of anilines is 2. The van der Waals surface area contributed by atoms with Crippen LogP contribution in [0.5, 0.6) is 0 Å². The maximum atomic E-state index is 12.5. The second-order valence-electron chi connectivity index (χ2n) is 6.59. The van der Waals surface area contributed by atoms with E-state index in [1.54, 1.807) is 16.8 Å². The lowest BCUT2D eigenvalue weighted by Gasteiger charge is -2.16. The lowest BCUT2D eigenvalue weighted by molar-refractivity contribution is 0.102. The van der Waals surface area contributed by atoms with Crippen molar-refractivity contribution in [2.24, 2.45) is 0 Å². The highest BCUT2D eigenvalue weighted by molar-refractivity contribution is 6.04. The number of aromatic nitrogens is 4. The maximum Gasteiger partial charge on any atom is 0.261 e. The molecule has 1 amide bonds. The van der Waals surface area contributed by atoms with Crippen LogP contribution >= 0.6 is 0 Å². The largest absolute Gasteiger partial charge is 0.375 e. The summed E-state index contributed by atoms with van der Waals surface area (Å²) in [5.74, 6) is -0.179. The molecule has 8 heteroatoms. The SMILES string of the molecule is CCN(C)c1ccc(C(=O)Nc2ccc(-n3ncc4c(=O)[nH]cnc43)cc2)cc1. The molecule has 0 radical (unpaired) electrons. The third-order valence-corrected chi connectivity index (χ3v) is 4.79. The summed E-state index contributed by atoms with van der Waals surface area (Å²) in [6.45, 7) is 2.97. The first-order valence-electron chi connectivity index (χ1n) is 9.21. The van der Waals surface area contributed by atoms with Crippen molar-refractivity contribution < 1.29 is 4.79 Å². The molecule has 2 heterocycles. The van der Waals surface area contributed by atoms with E-state index in [1.165, 1.54) is 12.5 Å². The van der Waals surface area contributed by atoms with Crippen LogP contribution in [0.3, 0.4) is 0 Å². The number of nitrogens with zero attached hydrogens (tertiary/aromatic N) is 4. The number of fused-ring (bicyclic) bond motifs is 1. The molecule has 4 rings (SSSR count). The summed E-state index contributed by atoms with van der Waals surface area (Å²) in [5, 5.41) is 7.54. The Balaban J connectivity index is 1.51. The number of hydrogen-bond acceptors (Lipinski definition) is 5. The molecule has 0 aliphatic rings. The fourth-order valence-corrected chi connectivity index (χ4v) is 2.98. The van der Waals surface area contributed by atoms with E-state index in [2.05, 4.69) is 32.2 Å². The van der Waals surface area contributed by atoms with Crippen LogP contribution in [0.1, 0.15) is 17.3 Å². The van der Waals surface area contributed by atoms with Gasteiger partial charge in [0, 0.05) is 30.5 Å². The molecule has 0 aliphatic carbocycles. The van der Waals surface area contributed by atoms with E-state index in [4.69, 9.17) is 0 Å².